The molecular weight excluding hydrogens is 450 g/mol. The van der Waals surface area contributed by atoms with E-state index < -0.39 is 21.5 Å². The average Bonchev–Trinajstić information content (AvgIpc) is 3.22. The Hall–Kier alpha value is -3.60. The highest BCUT2D eigenvalue weighted by Crippen LogP contribution is 2.39. The molecule has 10 nitrogen and oxygen atoms in total. The van der Waals surface area contributed by atoms with Crippen molar-refractivity contribution in [2.75, 3.05) is 25.1 Å². The van der Waals surface area contributed by atoms with Crippen LogP contribution in [-0.4, -0.2) is 44.3 Å². The first-order valence-electron chi connectivity index (χ1n) is 10.4. The summed E-state index contributed by atoms with van der Waals surface area (Å²) in [7, 11) is -3.67. The van der Waals surface area contributed by atoms with Gasteiger partial charge in [0.05, 0.1) is 24.7 Å². The van der Waals surface area contributed by atoms with Gasteiger partial charge < -0.3 is 18.6 Å². The van der Waals surface area contributed by atoms with Crippen LogP contribution >= 0.6 is 0 Å². The summed E-state index contributed by atoms with van der Waals surface area (Å²) in [6.45, 7) is 6.57. The lowest BCUT2D eigenvalue weighted by atomic mass is 10.1. The van der Waals surface area contributed by atoms with Gasteiger partial charge in [0.1, 0.15) is 5.75 Å². The zero-order valence-electron chi connectivity index (χ0n) is 18.5. The van der Waals surface area contributed by atoms with E-state index in [9.17, 15) is 13.2 Å². The number of aromatic nitrogens is 2. The van der Waals surface area contributed by atoms with Crippen LogP contribution < -0.4 is 19.5 Å². The molecule has 0 saturated heterocycles. The van der Waals surface area contributed by atoms with Gasteiger partial charge in [0, 0.05) is 5.56 Å². The summed E-state index contributed by atoms with van der Waals surface area (Å²) in [6.07, 6.45) is 0. The van der Waals surface area contributed by atoms with Crippen LogP contribution in [0.5, 0.6) is 17.2 Å². The second-order valence-electron chi connectivity index (χ2n) is 6.63. The number of carbonyl (C=O) groups excluding carboxylic acids is 1. The molecule has 1 amide bonds. The Morgan fingerprint density at radius 1 is 0.939 bits per heavy atom. The van der Waals surface area contributed by atoms with Crippen LogP contribution in [0.15, 0.2) is 51.8 Å². The minimum absolute atomic E-state index is 0.134. The summed E-state index contributed by atoms with van der Waals surface area (Å²) in [5.41, 5.74) is 0.210. The highest BCUT2D eigenvalue weighted by molar-refractivity contribution is 7.90. The Morgan fingerprint density at radius 2 is 1.55 bits per heavy atom. The van der Waals surface area contributed by atoms with Crippen molar-refractivity contribution in [3.05, 3.63) is 53.9 Å². The number of nitrogens with one attached hydrogen (secondary N) is 1. The predicted octanol–water partition coefficient (Wildman–Crippen LogP) is 3.49. The van der Waals surface area contributed by atoms with Crippen molar-refractivity contribution < 1.29 is 31.8 Å². The predicted molar refractivity (Wildman–Crippen MR) is 120 cm³/mol. The molecule has 0 spiro atoms. The molecule has 33 heavy (non-hydrogen) atoms. The number of hydrogen-bond acceptors (Lipinski definition) is 9. The largest absolute Gasteiger partial charge is 0.490 e. The molecule has 0 aliphatic heterocycles. The van der Waals surface area contributed by atoms with Gasteiger partial charge in [-0.1, -0.05) is 23.3 Å². The van der Waals surface area contributed by atoms with E-state index in [1.807, 2.05) is 20.8 Å². The molecule has 0 atom stereocenters. The third-order valence-corrected chi connectivity index (χ3v) is 5.89. The zero-order valence-corrected chi connectivity index (χ0v) is 19.3. The maximum Gasteiger partial charge on any atom is 0.322 e. The van der Waals surface area contributed by atoms with Gasteiger partial charge in [-0.15, -0.1) is 5.10 Å². The van der Waals surface area contributed by atoms with E-state index in [2.05, 4.69) is 15.5 Å². The molecule has 1 heterocycles. The summed E-state index contributed by atoms with van der Waals surface area (Å²) in [6, 6.07) is 10.7. The zero-order chi connectivity index (χ0) is 23.8. The Bertz CT molecular complexity index is 1170. The number of amides is 1. The van der Waals surface area contributed by atoms with Gasteiger partial charge in [0.25, 0.3) is 5.91 Å². The van der Waals surface area contributed by atoms with Gasteiger partial charge in [-0.3, -0.25) is 10.1 Å². The van der Waals surface area contributed by atoms with E-state index in [1.54, 1.807) is 18.2 Å². The van der Waals surface area contributed by atoms with Crippen LogP contribution in [0, 0.1) is 0 Å². The lowest BCUT2D eigenvalue weighted by Crippen LogP contribution is -2.13. The molecule has 0 aliphatic rings. The van der Waals surface area contributed by atoms with Crippen molar-refractivity contribution in [1.82, 2.24) is 10.2 Å². The number of rotatable bonds is 11. The second-order valence-corrected chi connectivity index (χ2v) is 8.62. The first kappa shape index (κ1) is 24.1. The second kappa shape index (κ2) is 10.8. The van der Waals surface area contributed by atoms with Crippen LogP contribution in [0.4, 0.5) is 6.01 Å². The van der Waals surface area contributed by atoms with Crippen molar-refractivity contribution in [3.63, 3.8) is 0 Å². The molecule has 0 aliphatic carbocycles. The fourth-order valence-corrected chi connectivity index (χ4v) is 4.11. The maximum atomic E-state index is 12.8. The number of anilines is 1. The molecule has 1 N–H and O–H groups in total. The number of benzene rings is 2. The van der Waals surface area contributed by atoms with Crippen molar-refractivity contribution in [1.29, 1.82) is 0 Å². The lowest BCUT2D eigenvalue weighted by Gasteiger charge is -2.16. The number of sulfone groups is 1. The Kier molecular flexibility index (Phi) is 7.88. The van der Waals surface area contributed by atoms with Gasteiger partial charge in [0.2, 0.25) is 11.6 Å². The Morgan fingerprint density at radius 3 is 2.12 bits per heavy atom. The van der Waals surface area contributed by atoms with Crippen LogP contribution in [0.2, 0.25) is 0 Å². The van der Waals surface area contributed by atoms with Gasteiger partial charge in [0.15, 0.2) is 21.3 Å². The molecule has 3 aromatic rings. The van der Waals surface area contributed by atoms with Crippen LogP contribution in [0.3, 0.4) is 0 Å². The molecule has 0 saturated carbocycles. The van der Waals surface area contributed by atoms with Crippen molar-refractivity contribution in [2.45, 2.75) is 31.4 Å². The molecule has 2 aromatic carbocycles. The summed E-state index contributed by atoms with van der Waals surface area (Å²) < 4.78 is 47.2. The average molecular weight is 476 g/mol. The maximum absolute atomic E-state index is 12.8. The van der Waals surface area contributed by atoms with Crippen LogP contribution in [0.25, 0.3) is 0 Å². The Balaban J connectivity index is 1.79. The molecule has 11 heteroatoms. The van der Waals surface area contributed by atoms with Crippen LogP contribution in [-0.2, 0) is 15.6 Å². The minimum atomic E-state index is -3.67. The topological polar surface area (TPSA) is 130 Å². The van der Waals surface area contributed by atoms with Crippen molar-refractivity contribution in [3.8, 4) is 17.2 Å². The Labute approximate surface area is 191 Å². The summed E-state index contributed by atoms with van der Waals surface area (Å²) in [5.74, 6) is -0.0894. The summed E-state index contributed by atoms with van der Waals surface area (Å²) >= 11 is 0. The number of ether oxygens (including phenoxy) is 3. The standard InChI is InChI=1S/C22H25N3O7S/c1-4-29-17-12-15(13-18(30-5-2)20(17)31-6-3)21(26)23-22-25-24-19(32-22)14-33(27,28)16-10-8-7-9-11-16/h7-13H,4-6,14H2,1-3H3,(H,23,25,26). The minimum Gasteiger partial charge on any atom is -0.490 e. The molecule has 3 rings (SSSR count). The molecule has 176 valence electrons. The molecule has 0 unspecified atom stereocenters. The van der Waals surface area contributed by atoms with E-state index >= 15 is 0 Å². The van der Waals surface area contributed by atoms with Gasteiger partial charge in [-0.05, 0) is 45.0 Å². The fourth-order valence-electron chi connectivity index (χ4n) is 2.93. The summed E-state index contributed by atoms with van der Waals surface area (Å²) in [5, 5.41) is 9.92. The smallest absolute Gasteiger partial charge is 0.322 e. The monoisotopic (exact) mass is 475 g/mol. The third kappa shape index (κ3) is 6.01. The van der Waals surface area contributed by atoms with E-state index in [0.717, 1.165) is 0 Å². The summed E-state index contributed by atoms with van der Waals surface area (Å²) in [4.78, 5) is 12.9. The number of carbonyl (C=O) groups is 1. The first-order valence-corrected chi connectivity index (χ1v) is 12.0. The van der Waals surface area contributed by atoms with E-state index in [-0.39, 0.29) is 22.4 Å². The molecular formula is C22H25N3O7S. The SMILES string of the molecule is CCOc1cc(C(=O)Nc2nnc(CS(=O)(=O)c3ccccc3)o2)cc(OCC)c1OCC. The molecule has 0 bridgehead atoms. The molecule has 0 fully saturated rings. The van der Waals surface area contributed by atoms with E-state index in [0.29, 0.717) is 37.1 Å². The van der Waals surface area contributed by atoms with Gasteiger partial charge in [-0.2, -0.15) is 0 Å². The number of nitrogens with zero attached hydrogens (tertiary/aromatic N) is 2. The quantitative estimate of drug-likeness (QED) is 0.443. The van der Waals surface area contributed by atoms with E-state index in [1.165, 1.54) is 24.3 Å². The van der Waals surface area contributed by atoms with Crippen LogP contribution in [0.1, 0.15) is 37.0 Å². The van der Waals surface area contributed by atoms with Gasteiger partial charge >= 0.3 is 6.01 Å². The van der Waals surface area contributed by atoms with Crippen molar-refractivity contribution >= 4 is 21.8 Å². The van der Waals surface area contributed by atoms with Gasteiger partial charge in [-0.25, -0.2) is 8.42 Å². The highest BCUT2D eigenvalue weighted by atomic mass is 32.2. The number of hydrogen-bond donors (Lipinski definition) is 1. The molecule has 1 aromatic heterocycles. The normalized spacial score (nSPS) is 11.1. The van der Waals surface area contributed by atoms with Crippen molar-refractivity contribution in [2.24, 2.45) is 0 Å². The first-order chi connectivity index (χ1) is 15.9. The highest BCUT2D eigenvalue weighted by Gasteiger charge is 2.22. The fraction of sp³-hybridized carbons (Fsp3) is 0.318. The lowest BCUT2D eigenvalue weighted by molar-refractivity contribution is 0.102. The third-order valence-electron chi connectivity index (χ3n) is 4.27. The van der Waals surface area contributed by atoms with E-state index in [4.69, 9.17) is 18.6 Å². The molecule has 0 radical (unpaired) electrons.